The number of hydrogen-bond acceptors (Lipinski definition) is 3. The molecule has 1 saturated heterocycles. The van der Waals surface area contributed by atoms with Crippen molar-refractivity contribution in [3.05, 3.63) is 29.3 Å². The number of rotatable bonds is 3. The number of amides is 1. The Morgan fingerprint density at radius 3 is 2.94 bits per heavy atom. The molecule has 0 aromatic heterocycles. The minimum absolute atomic E-state index is 0.0995. The van der Waals surface area contributed by atoms with Crippen LogP contribution < -0.4 is 5.32 Å². The van der Waals surface area contributed by atoms with Gasteiger partial charge in [0.15, 0.2) is 0 Å². The van der Waals surface area contributed by atoms with Gasteiger partial charge in [-0.2, -0.15) is 0 Å². The summed E-state index contributed by atoms with van der Waals surface area (Å²) in [6.07, 6.45) is 0.996. The number of aromatic hydroxyl groups is 1. The lowest BCUT2D eigenvalue weighted by Gasteiger charge is -2.19. The van der Waals surface area contributed by atoms with E-state index < -0.39 is 0 Å². The predicted octanol–water partition coefficient (Wildman–Crippen LogP) is 1.86. The summed E-state index contributed by atoms with van der Waals surface area (Å²) < 4.78 is 5.32. The van der Waals surface area contributed by atoms with Crippen molar-refractivity contribution in [1.29, 1.82) is 0 Å². The molecule has 0 bridgehead atoms. The fourth-order valence-corrected chi connectivity index (χ4v) is 2.15. The Kier molecular flexibility index (Phi) is 3.87. The van der Waals surface area contributed by atoms with Gasteiger partial charge >= 0.3 is 0 Å². The molecular weight excluding hydrogens is 230 g/mol. The van der Waals surface area contributed by atoms with Crippen LogP contribution in [0.5, 0.6) is 5.75 Å². The maximum atomic E-state index is 12.0. The predicted molar refractivity (Wildman–Crippen MR) is 68.7 cm³/mol. The number of benzene rings is 1. The van der Waals surface area contributed by atoms with E-state index in [1.165, 1.54) is 0 Å². The third-order valence-electron chi connectivity index (χ3n) is 3.49. The molecule has 1 aromatic carbocycles. The quantitative estimate of drug-likeness (QED) is 0.859. The number of aryl methyl sites for hydroxylation is 1. The standard InChI is InChI=1S/C14H19NO3/c1-9-7-11(3-4-13(9)16)14(17)15-10(2)12-5-6-18-8-12/h3-4,7,10,12,16H,5-6,8H2,1-2H3,(H,15,17). The number of phenols is 1. The van der Waals surface area contributed by atoms with Crippen molar-refractivity contribution in [2.75, 3.05) is 13.2 Å². The van der Waals surface area contributed by atoms with Crippen LogP contribution in [0.4, 0.5) is 0 Å². The first kappa shape index (κ1) is 12.9. The summed E-state index contributed by atoms with van der Waals surface area (Å²) in [6.45, 7) is 5.28. The van der Waals surface area contributed by atoms with Gasteiger partial charge in [0.2, 0.25) is 0 Å². The molecule has 1 heterocycles. The summed E-state index contributed by atoms with van der Waals surface area (Å²) in [5.41, 5.74) is 1.29. The molecule has 1 amide bonds. The van der Waals surface area contributed by atoms with Gasteiger partial charge in [0, 0.05) is 24.1 Å². The molecule has 2 unspecified atom stereocenters. The van der Waals surface area contributed by atoms with E-state index in [0.717, 1.165) is 19.6 Å². The van der Waals surface area contributed by atoms with Crippen LogP contribution in [-0.4, -0.2) is 30.3 Å². The monoisotopic (exact) mass is 249 g/mol. The number of hydrogen-bond donors (Lipinski definition) is 2. The molecule has 2 atom stereocenters. The zero-order valence-corrected chi connectivity index (χ0v) is 10.8. The largest absolute Gasteiger partial charge is 0.508 e. The Morgan fingerprint density at radius 2 is 2.33 bits per heavy atom. The molecule has 1 aliphatic heterocycles. The lowest BCUT2D eigenvalue weighted by molar-refractivity contribution is 0.0922. The number of ether oxygens (including phenoxy) is 1. The highest BCUT2D eigenvalue weighted by Crippen LogP contribution is 2.19. The van der Waals surface area contributed by atoms with Crippen molar-refractivity contribution >= 4 is 5.91 Å². The van der Waals surface area contributed by atoms with Crippen LogP contribution in [0, 0.1) is 12.8 Å². The van der Waals surface area contributed by atoms with Crippen molar-refractivity contribution in [2.45, 2.75) is 26.3 Å². The summed E-state index contributed by atoms with van der Waals surface area (Å²) in [4.78, 5) is 12.0. The van der Waals surface area contributed by atoms with Gasteiger partial charge in [-0.3, -0.25) is 4.79 Å². The molecular formula is C14H19NO3. The van der Waals surface area contributed by atoms with E-state index in [-0.39, 0.29) is 17.7 Å². The average molecular weight is 249 g/mol. The molecule has 98 valence electrons. The van der Waals surface area contributed by atoms with Crippen molar-refractivity contribution in [1.82, 2.24) is 5.32 Å². The van der Waals surface area contributed by atoms with Crippen molar-refractivity contribution in [2.24, 2.45) is 5.92 Å². The minimum atomic E-state index is -0.0995. The lowest BCUT2D eigenvalue weighted by Crippen LogP contribution is -2.38. The second kappa shape index (κ2) is 5.40. The lowest BCUT2D eigenvalue weighted by atomic mass is 10.00. The van der Waals surface area contributed by atoms with E-state index in [4.69, 9.17) is 4.74 Å². The third kappa shape index (κ3) is 2.82. The molecule has 2 rings (SSSR count). The topological polar surface area (TPSA) is 58.6 Å². The second-order valence-corrected chi connectivity index (χ2v) is 4.89. The molecule has 0 aliphatic carbocycles. The molecule has 1 aliphatic rings. The number of phenolic OH excluding ortho intramolecular Hbond substituents is 1. The molecule has 2 N–H and O–H groups in total. The summed E-state index contributed by atoms with van der Waals surface area (Å²) in [5, 5.41) is 12.4. The minimum Gasteiger partial charge on any atom is -0.508 e. The number of carbonyl (C=O) groups is 1. The summed E-state index contributed by atoms with van der Waals surface area (Å²) >= 11 is 0. The van der Waals surface area contributed by atoms with Crippen LogP contribution in [-0.2, 0) is 4.74 Å². The van der Waals surface area contributed by atoms with E-state index >= 15 is 0 Å². The van der Waals surface area contributed by atoms with Gasteiger partial charge in [-0.05, 0) is 44.0 Å². The SMILES string of the molecule is Cc1cc(C(=O)NC(C)C2CCOC2)ccc1O. The fraction of sp³-hybridized carbons (Fsp3) is 0.500. The molecule has 4 heteroatoms. The third-order valence-corrected chi connectivity index (χ3v) is 3.49. The van der Waals surface area contributed by atoms with Crippen LogP contribution in [0.1, 0.15) is 29.3 Å². The van der Waals surface area contributed by atoms with E-state index in [1.807, 2.05) is 6.92 Å². The van der Waals surface area contributed by atoms with E-state index in [9.17, 15) is 9.90 Å². The molecule has 4 nitrogen and oxygen atoms in total. The molecule has 0 saturated carbocycles. The maximum Gasteiger partial charge on any atom is 0.251 e. The fourth-order valence-electron chi connectivity index (χ4n) is 2.15. The van der Waals surface area contributed by atoms with Gasteiger partial charge in [0.25, 0.3) is 5.91 Å². The average Bonchev–Trinajstić information content (AvgIpc) is 2.86. The van der Waals surface area contributed by atoms with Gasteiger partial charge in [-0.15, -0.1) is 0 Å². The Hall–Kier alpha value is -1.55. The smallest absolute Gasteiger partial charge is 0.251 e. The van der Waals surface area contributed by atoms with Gasteiger partial charge in [0.1, 0.15) is 5.75 Å². The summed E-state index contributed by atoms with van der Waals surface area (Å²) in [7, 11) is 0. The zero-order chi connectivity index (χ0) is 13.1. The van der Waals surface area contributed by atoms with E-state index in [1.54, 1.807) is 25.1 Å². The van der Waals surface area contributed by atoms with Crippen LogP contribution in [0.25, 0.3) is 0 Å². The van der Waals surface area contributed by atoms with Crippen molar-refractivity contribution in [3.8, 4) is 5.75 Å². The van der Waals surface area contributed by atoms with Crippen LogP contribution in [0.15, 0.2) is 18.2 Å². The first-order valence-electron chi connectivity index (χ1n) is 6.26. The Morgan fingerprint density at radius 1 is 1.56 bits per heavy atom. The van der Waals surface area contributed by atoms with E-state index in [2.05, 4.69) is 5.32 Å². The number of carbonyl (C=O) groups excluding carboxylic acids is 1. The Balaban J connectivity index is 2.00. The second-order valence-electron chi connectivity index (χ2n) is 4.89. The van der Waals surface area contributed by atoms with E-state index in [0.29, 0.717) is 17.0 Å². The first-order chi connectivity index (χ1) is 8.58. The number of nitrogens with one attached hydrogen (secondary N) is 1. The maximum absolute atomic E-state index is 12.0. The highest BCUT2D eigenvalue weighted by molar-refractivity contribution is 5.94. The molecule has 1 aromatic rings. The van der Waals surface area contributed by atoms with Crippen LogP contribution in [0.3, 0.4) is 0 Å². The summed E-state index contributed by atoms with van der Waals surface area (Å²) in [6, 6.07) is 4.99. The highest BCUT2D eigenvalue weighted by Gasteiger charge is 2.23. The molecule has 0 spiro atoms. The van der Waals surface area contributed by atoms with Crippen molar-refractivity contribution in [3.63, 3.8) is 0 Å². The van der Waals surface area contributed by atoms with Crippen LogP contribution >= 0.6 is 0 Å². The van der Waals surface area contributed by atoms with Crippen molar-refractivity contribution < 1.29 is 14.6 Å². The van der Waals surface area contributed by atoms with Gasteiger partial charge in [0.05, 0.1) is 6.61 Å². The van der Waals surface area contributed by atoms with Crippen LogP contribution in [0.2, 0.25) is 0 Å². The molecule has 0 radical (unpaired) electrons. The Labute approximate surface area is 107 Å². The first-order valence-corrected chi connectivity index (χ1v) is 6.26. The molecule has 1 fully saturated rings. The van der Waals surface area contributed by atoms with Gasteiger partial charge in [-0.1, -0.05) is 0 Å². The van der Waals surface area contributed by atoms with Gasteiger partial charge in [-0.25, -0.2) is 0 Å². The zero-order valence-electron chi connectivity index (χ0n) is 10.8. The Bertz CT molecular complexity index is 439. The summed E-state index contributed by atoms with van der Waals surface area (Å²) in [5.74, 6) is 0.508. The van der Waals surface area contributed by atoms with Gasteiger partial charge < -0.3 is 15.2 Å². The normalized spacial score (nSPS) is 20.7. The highest BCUT2D eigenvalue weighted by atomic mass is 16.5. The molecule has 18 heavy (non-hydrogen) atoms.